The van der Waals surface area contributed by atoms with Gasteiger partial charge in [0.25, 0.3) is 0 Å². The Balaban J connectivity index is 1.97. The van der Waals surface area contributed by atoms with Crippen LogP contribution in [0.1, 0.15) is 25.7 Å². The third-order valence-electron chi connectivity index (χ3n) is 4.42. The molecule has 1 N–H and O–H groups in total. The van der Waals surface area contributed by atoms with Crippen LogP contribution in [0.2, 0.25) is 0 Å². The van der Waals surface area contributed by atoms with Crippen molar-refractivity contribution in [2.24, 2.45) is 29.6 Å². The number of ketones is 1. The van der Waals surface area contributed by atoms with Crippen molar-refractivity contribution in [3.8, 4) is 0 Å². The van der Waals surface area contributed by atoms with Crippen LogP contribution in [0, 0.1) is 29.6 Å². The number of aliphatic carboxylic acids is 1. The van der Waals surface area contributed by atoms with Crippen molar-refractivity contribution in [2.75, 3.05) is 0 Å². The van der Waals surface area contributed by atoms with Crippen LogP contribution in [0.4, 0.5) is 0 Å². The van der Waals surface area contributed by atoms with Gasteiger partial charge in [0.15, 0.2) is 0 Å². The van der Waals surface area contributed by atoms with Gasteiger partial charge in [-0.25, -0.2) is 0 Å². The first kappa shape index (κ1) is 8.45. The van der Waals surface area contributed by atoms with Crippen LogP contribution in [0.25, 0.3) is 0 Å². The van der Waals surface area contributed by atoms with E-state index in [1.807, 2.05) is 0 Å². The number of carbonyl (C=O) groups excluding carboxylic acids is 1. The Bertz CT molecular complexity index is 310. The fourth-order valence-electron chi connectivity index (χ4n) is 4.01. The monoisotopic (exact) mass is 194 g/mol. The Kier molecular flexibility index (Phi) is 1.56. The normalized spacial score (nSPS) is 49.7. The number of hydrogen-bond acceptors (Lipinski definition) is 2. The summed E-state index contributed by atoms with van der Waals surface area (Å²) in [6.45, 7) is 0. The first-order valence-corrected chi connectivity index (χ1v) is 5.43. The van der Waals surface area contributed by atoms with E-state index in [0.29, 0.717) is 11.8 Å². The molecule has 3 heteroatoms. The summed E-state index contributed by atoms with van der Waals surface area (Å²) in [5.41, 5.74) is 0. The number of Topliss-reactive ketones (excluding diaryl/α,β-unsaturated/α-hetero) is 1. The molecule has 4 rings (SSSR count). The van der Waals surface area contributed by atoms with Crippen LogP contribution < -0.4 is 0 Å². The van der Waals surface area contributed by atoms with Crippen LogP contribution in [-0.2, 0) is 9.59 Å². The molecule has 3 nitrogen and oxygen atoms in total. The maximum Gasteiger partial charge on any atom is 0.307 e. The van der Waals surface area contributed by atoms with Gasteiger partial charge in [0.2, 0.25) is 0 Å². The Morgan fingerprint density at radius 1 is 1.21 bits per heavy atom. The number of hydrogen-bond donors (Lipinski definition) is 1. The minimum atomic E-state index is -0.743. The largest absolute Gasteiger partial charge is 0.481 e. The molecule has 4 saturated carbocycles. The van der Waals surface area contributed by atoms with Gasteiger partial charge < -0.3 is 5.11 Å². The van der Waals surface area contributed by atoms with Crippen molar-refractivity contribution in [3.63, 3.8) is 0 Å². The van der Waals surface area contributed by atoms with Crippen molar-refractivity contribution < 1.29 is 14.7 Å². The zero-order chi connectivity index (χ0) is 9.87. The number of rotatable bonds is 1. The highest BCUT2D eigenvalue weighted by Gasteiger charge is 2.55. The predicted molar refractivity (Wildman–Crippen MR) is 48.6 cm³/mol. The van der Waals surface area contributed by atoms with Gasteiger partial charge in [0.1, 0.15) is 5.78 Å². The molecule has 0 amide bonds. The topological polar surface area (TPSA) is 54.4 Å². The van der Waals surface area contributed by atoms with E-state index in [2.05, 4.69) is 0 Å². The molecule has 4 fully saturated rings. The first-order chi connectivity index (χ1) is 6.66. The summed E-state index contributed by atoms with van der Waals surface area (Å²) in [6.07, 6.45) is 3.79. The van der Waals surface area contributed by atoms with Gasteiger partial charge in [0, 0.05) is 11.8 Å². The smallest absolute Gasteiger partial charge is 0.307 e. The van der Waals surface area contributed by atoms with Gasteiger partial charge in [-0.15, -0.1) is 0 Å². The molecule has 0 aromatic carbocycles. The van der Waals surface area contributed by atoms with E-state index in [-0.39, 0.29) is 23.5 Å². The van der Waals surface area contributed by atoms with E-state index >= 15 is 0 Å². The SMILES string of the molecule is O=C1C2CC3CC(C2)[C@@H](C(=O)O)C1C3. The Labute approximate surface area is 82.5 Å². The van der Waals surface area contributed by atoms with Crippen LogP contribution in [0.3, 0.4) is 0 Å². The Morgan fingerprint density at radius 3 is 2.71 bits per heavy atom. The fraction of sp³-hybridized carbons (Fsp3) is 0.818. The van der Waals surface area contributed by atoms with Crippen LogP contribution in [-0.4, -0.2) is 16.9 Å². The van der Waals surface area contributed by atoms with Gasteiger partial charge in [-0.1, -0.05) is 0 Å². The summed E-state index contributed by atoms with van der Waals surface area (Å²) < 4.78 is 0. The molecule has 0 heterocycles. The van der Waals surface area contributed by atoms with Crippen molar-refractivity contribution in [1.82, 2.24) is 0 Å². The highest BCUT2D eigenvalue weighted by Crippen LogP contribution is 2.54. The lowest BCUT2D eigenvalue weighted by molar-refractivity contribution is -0.164. The molecule has 0 radical (unpaired) electrons. The van der Waals surface area contributed by atoms with Crippen molar-refractivity contribution in [1.29, 1.82) is 0 Å². The fourth-order valence-corrected chi connectivity index (χ4v) is 4.01. The van der Waals surface area contributed by atoms with Crippen molar-refractivity contribution in [3.05, 3.63) is 0 Å². The zero-order valence-electron chi connectivity index (χ0n) is 7.98. The molecule has 0 saturated heterocycles. The van der Waals surface area contributed by atoms with Gasteiger partial charge in [0.05, 0.1) is 5.92 Å². The van der Waals surface area contributed by atoms with E-state index in [1.54, 1.807) is 0 Å². The Hall–Kier alpha value is -0.860. The summed E-state index contributed by atoms with van der Waals surface area (Å²) in [7, 11) is 0. The minimum Gasteiger partial charge on any atom is -0.481 e. The van der Waals surface area contributed by atoms with Crippen LogP contribution in [0.5, 0.6) is 0 Å². The molecule has 0 aromatic heterocycles. The maximum absolute atomic E-state index is 11.8. The summed E-state index contributed by atoms with van der Waals surface area (Å²) in [4.78, 5) is 22.9. The molecule has 0 aliphatic heterocycles. The van der Waals surface area contributed by atoms with E-state index in [4.69, 9.17) is 5.11 Å². The van der Waals surface area contributed by atoms with Gasteiger partial charge in [-0.3, -0.25) is 9.59 Å². The lowest BCUT2D eigenvalue weighted by Gasteiger charge is -2.51. The predicted octanol–water partition coefficient (Wildman–Crippen LogP) is 1.32. The summed E-state index contributed by atoms with van der Waals surface area (Å²) in [5.74, 6) is 0.189. The van der Waals surface area contributed by atoms with Gasteiger partial charge in [-0.05, 0) is 37.5 Å². The molecule has 14 heavy (non-hydrogen) atoms. The number of carboxylic acid groups (broad SMARTS) is 1. The molecule has 76 valence electrons. The number of carboxylic acids is 1. The molecule has 5 atom stereocenters. The second-order valence-electron chi connectivity index (χ2n) is 5.14. The summed E-state index contributed by atoms with van der Waals surface area (Å²) in [6, 6.07) is 0. The van der Waals surface area contributed by atoms with Crippen LogP contribution in [0.15, 0.2) is 0 Å². The van der Waals surface area contributed by atoms with Crippen LogP contribution >= 0.6 is 0 Å². The molecular weight excluding hydrogens is 180 g/mol. The third kappa shape index (κ3) is 0.928. The first-order valence-electron chi connectivity index (χ1n) is 5.43. The summed E-state index contributed by atoms with van der Waals surface area (Å²) in [5, 5.41) is 9.11. The van der Waals surface area contributed by atoms with Crippen molar-refractivity contribution in [2.45, 2.75) is 25.7 Å². The molecule has 4 unspecified atom stereocenters. The molecule has 4 bridgehead atoms. The quantitative estimate of drug-likeness (QED) is 0.685. The molecule has 4 aliphatic carbocycles. The maximum atomic E-state index is 11.8. The van der Waals surface area contributed by atoms with E-state index in [9.17, 15) is 9.59 Å². The van der Waals surface area contributed by atoms with Gasteiger partial charge >= 0.3 is 5.97 Å². The van der Waals surface area contributed by atoms with E-state index in [0.717, 1.165) is 25.7 Å². The molecule has 0 spiro atoms. The van der Waals surface area contributed by atoms with Crippen molar-refractivity contribution >= 4 is 11.8 Å². The van der Waals surface area contributed by atoms with E-state index in [1.165, 1.54) is 0 Å². The average molecular weight is 194 g/mol. The summed E-state index contributed by atoms with van der Waals surface area (Å²) >= 11 is 0. The standard InChI is InChI=1S/C11H14O3/c12-10-7-2-5-1-6(4-7)9(11(13)14)8(10)3-5/h5-9H,1-4H2,(H,13,14)/t5?,6?,7?,8?,9-/m1/s1. The molecule has 0 aromatic rings. The number of carbonyl (C=O) groups is 2. The highest BCUT2D eigenvalue weighted by molar-refractivity contribution is 5.90. The van der Waals surface area contributed by atoms with E-state index < -0.39 is 5.97 Å². The highest BCUT2D eigenvalue weighted by atomic mass is 16.4. The minimum absolute atomic E-state index is 0.135. The second kappa shape index (κ2) is 2.59. The van der Waals surface area contributed by atoms with Gasteiger partial charge in [-0.2, -0.15) is 0 Å². The average Bonchev–Trinajstić information content (AvgIpc) is 2.12. The lowest BCUT2D eigenvalue weighted by Crippen LogP contribution is -2.53. The molecular formula is C11H14O3. The molecule has 4 aliphatic rings. The lowest BCUT2D eigenvalue weighted by atomic mass is 9.51. The third-order valence-corrected chi connectivity index (χ3v) is 4.42. The second-order valence-corrected chi connectivity index (χ2v) is 5.14. The zero-order valence-corrected chi connectivity index (χ0v) is 7.98. The Morgan fingerprint density at radius 2 is 2.00 bits per heavy atom.